The first kappa shape index (κ1) is 11.0. The van der Waals surface area contributed by atoms with Gasteiger partial charge in [-0.3, -0.25) is 0 Å². The molecule has 0 aliphatic carbocycles. The minimum absolute atomic E-state index is 0.298. The first-order valence-corrected chi connectivity index (χ1v) is 5.20. The number of fused-ring (bicyclic) bond motifs is 1. The van der Waals surface area contributed by atoms with Crippen LogP contribution in [0.1, 0.15) is 18.0 Å². The SMILES string of the molecule is N[C@H](CC(F)F)c1cccc2ccccc12. The molecule has 16 heavy (non-hydrogen) atoms. The molecule has 2 aromatic rings. The van der Waals surface area contributed by atoms with Crippen molar-refractivity contribution in [2.24, 2.45) is 5.73 Å². The summed E-state index contributed by atoms with van der Waals surface area (Å²) in [6.45, 7) is 0. The molecule has 0 unspecified atom stereocenters. The molecule has 0 spiro atoms. The van der Waals surface area contributed by atoms with E-state index in [0.29, 0.717) is 0 Å². The van der Waals surface area contributed by atoms with Crippen LogP contribution in [0.2, 0.25) is 0 Å². The smallest absolute Gasteiger partial charge is 0.240 e. The van der Waals surface area contributed by atoms with Crippen molar-refractivity contribution in [1.82, 2.24) is 0 Å². The van der Waals surface area contributed by atoms with Crippen molar-refractivity contribution < 1.29 is 8.78 Å². The Bertz CT molecular complexity index is 477. The first-order valence-electron chi connectivity index (χ1n) is 5.20. The maximum Gasteiger partial charge on any atom is 0.240 e. The zero-order valence-electron chi connectivity index (χ0n) is 8.74. The molecular formula is C13H13F2N. The van der Waals surface area contributed by atoms with Gasteiger partial charge in [0.05, 0.1) is 0 Å². The van der Waals surface area contributed by atoms with Crippen LogP contribution in [0, 0.1) is 0 Å². The first-order chi connectivity index (χ1) is 7.68. The summed E-state index contributed by atoms with van der Waals surface area (Å²) in [7, 11) is 0. The van der Waals surface area contributed by atoms with Gasteiger partial charge in [0.15, 0.2) is 0 Å². The fourth-order valence-electron chi connectivity index (χ4n) is 1.89. The van der Waals surface area contributed by atoms with Crippen molar-refractivity contribution in [2.75, 3.05) is 0 Å². The Morgan fingerprint density at radius 1 is 1.00 bits per heavy atom. The molecule has 0 amide bonds. The molecular weight excluding hydrogens is 208 g/mol. The number of alkyl halides is 2. The quantitative estimate of drug-likeness (QED) is 0.843. The minimum atomic E-state index is -2.37. The standard InChI is InChI=1S/C13H13F2N/c14-13(15)8-12(16)11-7-3-5-9-4-1-2-6-10(9)11/h1-7,12-13H,8,16H2/t12-/m1/s1. The van der Waals surface area contributed by atoms with Gasteiger partial charge >= 0.3 is 0 Å². The lowest BCUT2D eigenvalue weighted by Crippen LogP contribution is -2.14. The van der Waals surface area contributed by atoms with E-state index in [-0.39, 0.29) is 6.42 Å². The number of hydrogen-bond donors (Lipinski definition) is 1. The van der Waals surface area contributed by atoms with Crippen molar-refractivity contribution in [3.63, 3.8) is 0 Å². The van der Waals surface area contributed by atoms with Crippen LogP contribution in [-0.2, 0) is 0 Å². The second kappa shape index (κ2) is 4.58. The van der Waals surface area contributed by atoms with Crippen LogP contribution in [0.15, 0.2) is 42.5 Å². The summed E-state index contributed by atoms with van der Waals surface area (Å²) in [5.41, 5.74) is 6.57. The number of halogens is 2. The van der Waals surface area contributed by atoms with Crippen molar-refractivity contribution >= 4 is 10.8 Å². The molecule has 0 aliphatic rings. The summed E-state index contributed by atoms with van der Waals surface area (Å²) in [6.07, 6.45) is -2.66. The van der Waals surface area contributed by atoms with Gasteiger partial charge < -0.3 is 5.73 Å². The Morgan fingerprint density at radius 2 is 1.69 bits per heavy atom. The van der Waals surface area contributed by atoms with E-state index in [1.54, 1.807) is 0 Å². The number of hydrogen-bond acceptors (Lipinski definition) is 1. The molecule has 0 fully saturated rings. The van der Waals surface area contributed by atoms with Gasteiger partial charge in [-0.2, -0.15) is 0 Å². The number of rotatable bonds is 3. The van der Waals surface area contributed by atoms with Crippen LogP contribution < -0.4 is 5.73 Å². The van der Waals surface area contributed by atoms with Crippen LogP contribution in [0.3, 0.4) is 0 Å². The van der Waals surface area contributed by atoms with Gasteiger partial charge in [-0.25, -0.2) is 8.78 Å². The van der Waals surface area contributed by atoms with Gasteiger partial charge in [0, 0.05) is 12.5 Å². The lowest BCUT2D eigenvalue weighted by molar-refractivity contribution is 0.128. The third-order valence-electron chi connectivity index (χ3n) is 2.65. The van der Waals surface area contributed by atoms with E-state index in [1.165, 1.54) is 0 Å². The van der Waals surface area contributed by atoms with Gasteiger partial charge in [-0.15, -0.1) is 0 Å². The third-order valence-corrected chi connectivity index (χ3v) is 2.65. The van der Waals surface area contributed by atoms with E-state index in [1.807, 2.05) is 42.5 Å². The highest BCUT2D eigenvalue weighted by molar-refractivity contribution is 5.86. The van der Waals surface area contributed by atoms with Gasteiger partial charge in [0.2, 0.25) is 6.43 Å². The van der Waals surface area contributed by atoms with E-state index < -0.39 is 12.5 Å². The average Bonchev–Trinajstić information content (AvgIpc) is 2.27. The average molecular weight is 221 g/mol. The predicted molar refractivity (Wildman–Crippen MR) is 61.5 cm³/mol. The monoisotopic (exact) mass is 221 g/mol. The Hall–Kier alpha value is -1.48. The van der Waals surface area contributed by atoms with Gasteiger partial charge in [0.1, 0.15) is 0 Å². The van der Waals surface area contributed by atoms with E-state index >= 15 is 0 Å². The highest BCUT2D eigenvalue weighted by atomic mass is 19.3. The molecule has 84 valence electrons. The second-order valence-corrected chi connectivity index (χ2v) is 3.80. The van der Waals surface area contributed by atoms with Gasteiger partial charge in [0.25, 0.3) is 0 Å². The predicted octanol–water partition coefficient (Wildman–Crippen LogP) is 3.49. The molecule has 0 radical (unpaired) electrons. The molecule has 0 saturated carbocycles. The highest BCUT2D eigenvalue weighted by Gasteiger charge is 2.14. The zero-order chi connectivity index (χ0) is 11.5. The summed E-state index contributed by atoms with van der Waals surface area (Å²) in [6, 6.07) is 12.7. The molecule has 3 heteroatoms. The summed E-state index contributed by atoms with van der Waals surface area (Å²) in [4.78, 5) is 0. The van der Waals surface area contributed by atoms with E-state index in [0.717, 1.165) is 16.3 Å². The molecule has 0 aliphatic heterocycles. The third kappa shape index (κ3) is 2.19. The molecule has 2 aromatic carbocycles. The highest BCUT2D eigenvalue weighted by Crippen LogP contribution is 2.26. The maximum absolute atomic E-state index is 12.3. The van der Waals surface area contributed by atoms with Gasteiger partial charge in [-0.05, 0) is 16.3 Å². The Labute approximate surface area is 92.9 Å². The fraction of sp³-hybridized carbons (Fsp3) is 0.231. The lowest BCUT2D eigenvalue weighted by Gasteiger charge is -2.14. The Balaban J connectivity index is 2.44. The number of benzene rings is 2. The van der Waals surface area contributed by atoms with Crippen molar-refractivity contribution in [3.8, 4) is 0 Å². The molecule has 2 rings (SSSR count). The summed E-state index contributed by atoms with van der Waals surface area (Å²) in [5, 5.41) is 1.99. The summed E-state index contributed by atoms with van der Waals surface area (Å²) < 4.78 is 24.6. The molecule has 0 bridgehead atoms. The van der Waals surface area contributed by atoms with Crippen LogP contribution in [0.5, 0.6) is 0 Å². The lowest BCUT2D eigenvalue weighted by atomic mass is 9.97. The van der Waals surface area contributed by atoms with E-state index in [2.05, 4.69) is 0 Å². The molecule has 2 N–H and O–H groups in total. The zero-order valence-corrected chi connectivity index (χ0v) is 8.74. The van der Waals surface area contributed by atoms with Crippen LogP contribution in [-0.4, -0.2) is 6.43 Å². The maximum atomic E-state index is 12.3. The minimum Gasteiger partial charge on any atom is -0.324 e. The van der Waals surface area contributed by atoms with Crippen LogP contribution in [0.25, 0.3) is 10.8 Å². The largest absolute Gasteiger partial charge is 0.324 e. The summed E-state index contributed by atoms with van der Waals surface area (Å²) >= 11 is 0. The van der Waals surface area contributed by atoms with Crippen LogP contribution >= 0.6 is 0 Å². The van der Waals surface area contributed by atoms with Crippen molar-refractivity contribution in [3.05, 3.63) is 48.0 Å². The molecule has 1 atom stereocenters. The van der Waals surface area contributed by atoms with Gasteiger partial charge in [-0.1, -0.05) is 42.5 Å². The summed E-state index contributed by atoms with van der Waals surface area (Å²) in [5.74, 6) is 0. The van der Waals surface area contributed by atoms with E-state index in [4.69, 9.17) is 5.73 Å². The Kier molecular flexibility index (Phi) is 3.15. The molecule has 0 aromatic heterocycles. The Morgan fingerprint density at radius 3 is 2.44 bits per heavy atom. The van der Waals surface area contributed by atoms with Crippen LogP contribution in [0.4, 0.5) is 8.78 Å². The number of nitrogens with two attached hydrogens (primary N) is 1. The van der Waals surface area contributed by atoms with E-state index in [9.17, 15) is 8.78 Å². The molecule has 0 saturated heterocycles. The fourth-order valence-corrected chi connectivity index (χ4v) is 1.89. The second-order valence-electron chi connectivity index (χ2n) is 3.80. The molecule has 0 heterocycles. The normalized spacial score (nSPS) is 13.2. The topological polar surface area (TPSA) is 26.0 Å². The molecule has 1 nitrogen and oxygen atoms in total. The van der Waals surface area contributed by atoms with Crippen molar-refractivity contribution in [2.45, 2.75) is 18.9 Å². The van der Waals surface area contributed by atoms with Crippen molar-refractivity contribution in [1.29, 1.82) is 0 Å².